The molecule has 0 unspecified atom stereocenters. The van der Waals surface area contributed by atoms with Crippen molar-refractivity contribution < 1.29 is 38.3 Å². The number of amidine groups is 1. The normalized spacial score (nSPS) is 14.4. The second-order valence-electron chi connectivity index (χ2n) is 18.2. The Morgan fingerprint density at radius 3 is 2.20 bits per heavy atom. The van der Waals surface area contributed by atoms with Gasteiger partial charge in [0.25, 0.3) is 5.91 Å². The Balaban J connectivity index is 0.994. The summed E-state index contributed by atoms with van der Waals surface area (Å²) < 4.78 is 5.32. The van der Waals surface area contributed by atoms with Gasteiger partial charge in [-0.15, -0.1) is 0 Å². The molecule has 1 aromatic heterocycles. The fourth-order valence-corrected chi connectivity index (χ4v) is 8.04. The maximum atomic E-state index is 13.3. The fourth-order valence-electron chi connectivity index (χ4n) is 8.04. The van der Waals surface area contributed by atoms with Crippen LogP contribution in [-0.2, 0) is 35.3 Å². The van der Waals surface area contributed by atoms with Crippen LogP contribution in [0.25, 0.3) is 6.08 Å². The third-order valence-corrected chi connectivity index (χ3v) is 12.1. The molecule has 1 fully saturated rings. The zero-order chi connectivity index (χ0) is 51.5. The zero-order valence-corrected chi connectivity index (χ0v) is 41.3. The van der Waals surface area contributed by atoms with E-state index in [1.54, 1.807) is 54.7 Å². The van der Waals surface area contributed by atoms with Gasteiger partial charge in [0.1, 0.15) is 24.3 Å². The summed E-state index contributed by atoms with van der Waals surface area (Å²) in [7, 11) is 0. The van der Waals surface area contributed by atoms with Gasteiger partial charge >= 0.3 is 6.09 Å². The largest absolute Gasteiger partial charge is 0.445 e. The first-order valence-corrected chi connectivity index (χ1v) is 24.5. The van der Waals surface area contributed by atoms with Crippen molar-refractivity contribution in [3.05, 3.63) is 83.1 Å². The number of aromatic nitrogens is 1. The Morgan fingerprint density at radius 2 is 1.55 bits per heavy atom. The number of carbonyl (C=O) groups is 7. The molecule has 2 aliphatic rings. The Morgan fingerprint density at radius 1 is 0.859 bits per heavy atom. The molecule has 5 rings (SSSR count). The molecule has 20 heteroatoms. The minimum Gasteiger partial charge on any atom is -0.445 e. The van der Waals surface area contributed by atoms with Crippen LogP contribution in [0.5, 0.6) is 0 Å². The average Bonchev–Trinajstić information content (AvgIpc) is 3.52. The minimum absolute atomic E-state index is 0.0352. The van der Waals surface area contributed by atoms with Crippen molar-refractivity contribution in [1.29, 1.82) is 0 Å². The van der Waals surface area contributed by atoms with Crippen molar-refractivity contribution >= 4 is 76.3 Å². The van der Waals surface area contributed by atoms with E-state index >= 15 is 0 Å². The molecule has 2 aliphatic heterocycles. The highest BCUT2D eigenvalue weighted by atomic mass is 16.5. The number of carbonyl (C=O) groups excluding carboxylic acids is 7. The number of hydrogen-bond donors (Lipinski definition) is 8. The molecule has 1 saturated heterocycles. The second-order valence-corrected chi connectivity index (χ2v) is 18.2. The molecule has 0 saturated carbocycles. The molecular formula is C51H70N12O8. The molecule has 2 atom stereocenters. The monoisotopic (exact) mass is 979 g/mol. The lowest BCUT2D eigenvalue weighted by atomic mass is 9.96. The van der Waals surface area contributed by atoms with Gasteiger partial charge in [-0.2, -0.15) is 0 Å². The number of nitrogens with zero attached hydrogens (tertiary/aromatic N) is 4. The molecule has 3 heterocycles. The van der Waals surface area contributed by atoms with Crippen molar-refractivity contribution in [3.8, 4) is 0 Å². The van der Waals surface area contributed by atoms with Crippen molar-refractivity contribution in [2.75, 3.05) is 54.8 Å². The highest BCUT2D eigenvalue weighted by Crippen LogP contribution is 2.29. The van der Waals surface area contributed by atoms with Gasteiger partial charge in [-0.3, -0.25) is 28.8 Å². The first kappa shape index (κ1) is 54.6. The molecule has 11 N–H and O–H groups in total. The van der Waals surface area contributed by atoms with Crippen LogP contribution in [0, 0.1) is 11.8 Å². The predicted octanol–water partition coefficient (Wildman–Crippen LogP) is 4.47. The number of amides is 7. The maximum Gasteiger partial charge on any atom is 0.407 e. The van der Waals surface area contributed by atoms with Gasteiger partial charge in [0.2, 0.25) is 29.5 Å². The molecule has 71 heavy (non-hydrogen) atoms. The van der Waals surface area contributed by atoms with Crippen LogP contribution < -0.4 is 48.7 Å². The van der Waals surface area contributed by atoms with E-state index in [4.69, 9.17) is 21.9 Å². The van der Waals surface area contributed by atoms with Gasteiger partial charge in [-0.1, -0.05) is 52.3 Å². The van der Waals surface area contributed by atoms with Crippen molar-refractivity contribution in [2.24, 2.45) is 34.0 Å². The first-order valence-electron chi connectivity index (χ1n) is 24.5. The quantitative estimate of drug-likeness (QED) is 0.0577. The van der Waals surface area contributed by atoms with Crippen LogP contribution in [0.3, 0.4) is 0 Å². The number of ether oxygens (including phenoxy) is 1. The molecule has 3 aromatic rings. The maximum absolute atomic E-state index is 13.3. The summed E-state index contributed by atoms with van der Waals surface area (Å²) in [4.78, 5) is 102. The number of benzene rings is 2. The van der Waals surface area contributed by atoms with E-state index in [1.165, 1.54) is 0 Å². The van der Waals surface area contributed by atoms with Crippen molar-refractivity contribution in [3.63, 3.8) is 0 Å². The van der Waals surface area contributed by atoms with Gasteiger partial charge in [0.05, 0.1) is 23.6 Å². The van der Waals surface area contributed by atoms with Crippen molar-refractivity contribution in [2.45, 2.75) is 104 Å². The number of nitrogens with one attached hydrogen (secondary N) is 5. The Kier molecular flexibility index (Phi) is 20.9. The summed E-state index contributed by atoms with van der Waals surface area (Å²) in [6.07, 6.45) is 7.32. The van der Waals surface area contributed by atoms with Gasteiger partial charge in [0, 0.05) is 80.4 Å². The minimum atomic E-state index is -0.874. The number of aliphatic imine (C=N–C) groups is 1. The van der Waals surface area contributed by atoms with Gasteiger partial charge in [-0.25, -0.2) is 14.8 Å². The zero-order valence-electron chi connectivity index (χ0n) is 41.3. The SMILES string of the molecule is CCCN(CCC)C(=O)C1=Cc2ccc(C(=O)Nc3ccc(N4CCC(C(=O)NCCNC(=O)OCc5ccc(NC(=O)[C@H](CCCCC(N)=O)NC(=O)[C@@H](N)C(C)C)cc5)CC4)nc3)cc2N=C(N)C1. The van der Waals surface area contributed by atoms with Crippen LogP contribution in [0.15, 0.2) is 71.4 Å². The molecule has 0 aliphatic carbocycles. The lowest BCUT2D eigenvalue weighted by Crippen LogP contribution is -2.51. The number of rotatable bonds is 24. The number of pyridine rings is 1. The number of unbranched alkanes of at least 4 members (excludes halogenated alkanes) is 1. The van der Waals surface area contributed by atoms with E-state index < -0.39 is 35.9 Å². The Bertz CT molecular complexity index is 2390. The summed E-state index contributed by atoms with van der Waals surface area (Å²) in [5, 5.41) is 13.9. The van der Waals surface area contributed by atoms with Crippen LogP contribution >= 0.6 is 0 Å². The molecule has 0 bridgehead atoms. The Labute approximate surface area is 415 Å². The van der Waals surface area contributed by atoms with Crippen molar-refractivity contribution in [1.82, 2.24) is 25.8 Å². The van der Waals surface area contributed by atoms with E-state index in [2.05, 4.69) is 41.5 Å². The standard InChI is InChI=1S/C51H70N12O8/c1-5-23-63(24-6-2)50(69)37-27-35-13-14-36(28-41(35)60-42(52)29-37)47(66)59-39-17-18-44(57-30-39)62-25-19-34(20-26-62)46(65)55-21-22-56-51(70)71-31-33-11-15-38(16-12-33)58-48(67)40(9-7-8-10-43(53)64)61-49(68)45(54)32(3)4/h11-18,27-28,30,32,34,40,45H,5-10,19-26,29,31,54H2,1-4H3,(H2,52,60)(H2,53,64)(H,55,65)(H,56,70)(H,58,67)(H,59,66)(H,61,68)/t40-,45-/m0/s1. The first-order chi connectivity index (χ1) is 34.0. The average molecular weight is 979 g/mol. The van der Waals surface area contributed by atoms with Crippen LogP contribution in [0.4, 0.5) is 27.7 Å². The summed E-state index contributed by atoms with van der Waals surface area (Å²) in [6.45, 7) is 10.6. The predicted molar refractivity (Wildman–Crippen MR) is 273 cm³/mol. The summed E-state index contributed by atoms with van der Waals surface area (Å²) in [5.41, 5.74) is 21.3. The van der Waals surface area contributed by atoms with E-state index in [1.807, 2.05) is 44.7 Å². The molecule has 0 radical (unpaired) electrons. The number of primary amides is 1. The number of hydrogen-bond acceptors (Lipinski definition) is 13. The number of nitrogens with two attached hydrogens (primary N) is 3. The molecule has 2 aromatic carbocycles. The lowest BCUT2D eigenvalue weighted by molar-refractivity contribution is -0.128. The number of fused-ring (bicyclic) bond motifs is 1. The topological polar surface area (TPSA) is 299 Å². The molecule has 20 nitrogen and oxygen atoms in total. The van der Waals surface area contributed by atoms with Crippen LogP contribution in [-0.4, -0.2) is 109 Å². The number of piperidine rings is 1. The fraction of sp³-hybridized carbons (Fsp3) is 0.471. The van der Waals surface area contributed by atoms with Crippen LogP contribution in [0.2, 0.25) is 0 Å². The smallest absolute Gasteiger partial charge is 0.407 e. The highest BCUT2D eigenvalue weighted by molar-refractivity contribution is 6.08. The highest BCUT2D eigenvalue weighted by Gasteiger charge is 2.27. The number of alkyl carbamates (subject to hydrolysis) is 1. The van der Waals surface area contributed by atoms with E-state index in [9.17, 15) is 33.6 Å². The van der Waals surface area contributed by atoms with Gasteiger partial charge in [0.15, 0.2) is 0 Å². The molecule has 382 valence electrons. The number of anilines is 3. The van der Waals surface area contributed by atoms with E-state index in [0.717, 1.165) is 18.7 Å². The third-order valence-electron chi connectivity index (χ3n) is 12.1. The van der Waals surface area contributed by atoms with E-state index in [-0.39, 0.29) is 68.5 Å². The van der Waals surface area contributed by atoms with Gasteiger partial charge in [-0.05, 0) is 92.5 Å². The summed E-state index contributed by atoms with van der Waals surface area (Å²) >= 11 is 0. The molecule has 7 amide bonds. The molecule has 0 spiro atoms. The van der Waals surface area contributed by atoms with Crippen LogP contribution in [0.1, 0.15) is 107 Å². The third kappa shape index (κ3) is 16.9. The lowest BCUT2D eigenvalue weighted by Gasteiger charge is -2.32. The summed E-state index contributed by atoms with van der Waals surface area (Å²) in [5.74, 6) is -1.14. The van der Waals surface area contributed by atoms with E-state index in [0.29, 0.717) is 97.0 Å². The molecular weight excluding hydrogens is 909 g/mol. The summed E-state index contributed by atoms with van der Waals surface area (Å²) in [6, 6.07) is 13.7. The van der Waals surface area contributed by atoms with Gasteiger partial charge < -0.3 is 58.3 Å². The second kappa shape index (κ2) is 27.2. The Hall–Kier alpha value is -7.35.